The number of nitrogens with one attached hydrogen (secondary N) is 1. The van der Waals surface area contributed by atoms with E-state index in [1.54, 1.807) is 30.3 Å². The van der Waals surface area contributed by atoms with Gasteiger partial charge in [0.15, 0.2) is 11.5 Å². The van der Waals surface area contributed by atoms with Crippen LogP contribution in [0.4, 0.5) is 10.1 Å². The monoisotopic (exact) mass is 331 g/mol. The van der Waals surface area contributed by atoms with Crippen LogP contribution in [-0.2, 0) is 0 Å². The molecule has 24 heavy (non-hydrogen) atoms. The van der Waals surface area contributed by atoms with Crippen molar-refractivity contribution in [2.24, 2.45) is 0 Å². The van der Waals surface area contributed by atoms with Crippen molar-refractivity contribution in [1.29, 1.82) is 0 Å². The Morgan fingerprint density at radius 3 is 2.67 bits per heavy atom. The van der Waals surface area contributed by atoms with Gasteiger partial charge in [0, 0.05) is 5.56 Å². The van der Waals surface area contributed by atoms with E-state index in [4.69, 9.17) is 9.47 Å². The minimum atomic E-state index is -0.472. The van der Waals surface area contributed by atoms with Crippen LogP contribution in [-0.4, -0.2) is 19.6 Å². The fraction of sp³-hybridized carbons (Fsp3) is 0.316. The molecule has 1 amide bonds. The minimum Gasteiger partial charge on any atom is -0.493 e. The Hall–Kier alpha value is -2.56. The van der Waals surface area contributed by atoms with Crippen molar-refractivity contribution in [1.82, 2.24) is 0 Å². The summed E-state index contributed by atoms with van der Waals surface area (Å²) in [5.74, 6) is 0.186. The van der Waals surface area contributed by atoms with Crippen LogP contribution in [0.5, 0.6) is 11.5 Å². The van der Waals surface area contributed by atoms with Gasteiger partial charge in [0.05, 0.1) is 19.4 Å². The molecule has 0 saturated carbocycles. The van der Waals surface area contributed by atoms with Gasteiger partial charge in [0.25, 0.3) is 5.91 Å². The van der Waals surface area contributed by atoms with Gasteiger partial charge >= 0.3 is 0 Å². The van der Waals surface area contributed by atoms with Crippen molar-refractivity contribution >= 4 is 11.6 Å². The van der Waals surface area contributed by atoms with Gasteiger partial charge in [0.2, 0.25) is 0 Å². The molecule has 0 atom stereocenters. The number of aryl methyl sites for hydroxylation is 1. The molecule has 2 aromatic carbocycles. The number of carbonyl (C=O) groups excluding carboxylic acids is 1. The van der Waals surface area contributed by atoms with Crippen LogP contribution in [0.25, 0.3) is 0 Å². The fourth-order valence-electron chi connectivity index (χ4n) is 2.18. The number of halogens is 1. The van der Waals surface area contributed by atoms with Crippen LogP contribution in [0, 0.1) is 12.7 Å². The molecule has 0 aromatic heterocycles. The largest absolute Gasteiger partial charge is 0.493 e. The summed E-state index contributed by atoms with van der Waals surface area (Å²) in [6.07, 6.45) is 1.98. The average Bonchev–Trinajstić information content (AvgIpc) is 2.58. The lowest BCUT2D eigenvalue weighted by Crippen LogP contribution is -2.13. The number of amides is 1. The number of hydrogen-bond donors (Lipinski definition) is 1. The molecule has 1 N–H and O–H groups in total. The number of unbranched alkanes of at least 4 members (excludes halogenated alkanes) is 1. The number of hydrogen-bond acceptors (Lipinski definition) is 3. The molecule has 0 aliphatic rings. The third-order valence-corrected chi connectivity index (χ3v) is 3.55. The standard InChI is InChI=1S/C19H22FNO3/c1-4-5-10-24-17-9-7-14(12-18(17)23-3)19(22)21-16-11-13(2)6-8-15(16)20/h6-9,11-12H,4-5,10H2,1-3H3,(H,21,22). The van der Waals surface area contributed by atoms with Crippen molar-refractivity contribution in [3.05, 3.63) is 53.3 Å². The molecule has 2 aromatic rings. The lowest BCUT2D eigenvalue weighted by Gasteiger charge is -2.12. The van der Waals surface area contributed by atoms with Crippen molar-refractivity contribution in [2.45, 2.75) is 26.7 Å². The molecule has 0 bridgehead atoms. The molecule has 0 radical (unpaired) electrons. The van der Waals surface area contributed by atoms with E-state index in [2.05, 4.69) is 12.2 Å². The zero-order valence-electron chi connectivity index (χ0n) is 14.2. The Balaban J connectivity index is 2.16. The maximum absolute atomic E-state index is 13.8. The van der Waals surface area contributed by atoms with Crippen molar-refractivity contribution in [2.75, 3.05) is 19.0 Å². The second-order valence-electron chi connectivity index (χ2n) is 5.51. The predicted octanol–water partition coefficient (Wildman–Crippen LogP) is 4.57. The molecule has 0 fully saturated rings. The van der Waals surface area contributed by atoms with E-state index in [0.717, 1.165) is 18.4 Å². The van der Waals surface area contributed by atoms with Crippen LogP contribution in [0.2, 0.25) is 0 Å². The van der Waals surface area contributed by atoms with Crippen LogP contribution >= 0.6 is 0 Å². The number of benzene rings is 2. The van der Waals surface area contributed by atoms with E-state index in [0.29, 0.717) is 23.7 Å². The van der Waals surface area contributed by atoms with Crippen molar-refractivity contribution in [3.8, 4) is 11.5 Å². The molecule has 0 saturated heterocycles. The topological polar surface area (TPSA) is 47.6 Å². The minimum absolute atomic E-state index is 0.155. The fourth-order valence-corrected chi connectivity index (χ4v) is 2.18. The Morgan fingerprint density at radius 2 is 1.96 bits per heavy atom. The molecule has 5 heteroatoms. The quantitative estimate of drug-likeness (QED) is 0.756. The predicted molar refractivity (Wildman–Crippen MR) is 92.5 cm³/mol. The zero-order valence-corrected chi connectivity index (χ0v) is 14.2. The number of ether oxygens (including phenoxy) is 2. The molecule has 4 nitrogen and oxygen atoms in total. The first-order valence-electron chi connectivity index (χ1n) is 7.93. The van der Waals surface area contributed by atoms with Gasteiger partial charge in [-0.3, -0.25) is 4.79 Å². The normalized spacial score (nSPS) is 10.3. The highest BCUT2D eigenvalue weighted by atomic mass is 19.1. The van der Waals surface area contributed by atoms with E-state index in [1.807, 2.05) is 6.92 Å². The van der Waals surface area contributed by atoms with Gasteiger partial charge in [-0.2, -0.15) is 0 Å². The first kappa shape index (κ1) is 17.8. The van der Waals surface area contributed by atoms with Crippen molar-refractivity contribution < 1.29 is 18.7 Å². The van der Waals surface area contributed by atoms with E-state index in [9.17, 15) is 9.18 Å². The van der Waals surface area contributed by atoms with Gasteiger partial charge in [-0.05, 0) is 49.2 Å². The first-order valence-corrected chi connectivity index (χ1v) is 7.93. The summed E-state index contributed by atoms with van der Waals surface area (Å²) in [6.45, 7) is 4.51. The maximum atomic E-state index is 13.8. The maximum Gasteiger partial charge on any atom is 0.255 e. The van der Waals surface area contributed by atoms with Gasteiger partial charge in [0.1, 0.15) is 5.82 Å². The summed E-state index contributed by atoms with van der Waals surface area (Å²) in [5, 5.41) is 2.58. The smallest absolute Gasteiger partial charge is 0.255 e. The van der Waals surface area contributed by atoms with Crippen molar-refractivity contribution in [3.63, 3.8) is 0 Å². The highest BCUT2D eigenvalue weighted by Gasteiger charge is 2.13. The molecular weight excluding hydrogens is 309 g/mol. The van der Waals surface area contributed by atoms with E-state index < -0.39 is 11.7 Å². The Kier molecular flexibility index (Phi) is 6.18. The van der Waals surface area contributed by atoms with Crippen LogP contribution in [0.15, 0.2) is 36.4 Å². The van der Waals surface area contributed by atoms with Gasteiger partial charge in [-0.1, -0.05) is 19.4 Å². The third-order valence-electron chi connectivity index (χ3n) is 3.55. The Bertz CT molecular complexity index is 716. The molecule has 128 valence electrons. The summed E-state index contributed by atoms with van der Waals surface area (Å²) in [6, 6.07) is 9.48. The second kappa shape index (κ2) is 8.34. The Morgan fingerprint density at radius 1 is 1.17 bits per heavy atom. The lowest BCUT2D eigenvalue weighted by molar-refractivity contribution is 0.102. The van der Waals surface area contributed by atoms with Crippen LogP contribution in [0.1, 0.15) is 35.7 Å². The summed E-state index contributed by atoms with van der Waals surface area (Å²) in [4.78, 5) is 12.3. The molecule has 0 unspecified atom stereocenters. The molecule has 0 heterocycles. The number of methoxy groups -OCH3 is 1. The molecular formula is C19H22FNO3. The first-order chi connectivity index (χ1) is 11.5. The molecule has 0 spiro atoms. The van der Waals surface area contributed by atoms with Crippen LogP contribution < -0.4 is 14.8 Å². The average molecular weight is 331 g/mol. The molecule has 0 aliphatic carbocycles. The zero-order chi connectivity index (χ0) is 17.5. The van der Waals surface area contributed by atoms with Gasteiger partial charge in [-0.25, -0.2) is 4.39 Å². The van der Waals surface area contributed by atoms with Crippen LogP contribution in [0.3, 0.4) is 0 Å². The summed E-state index contributed by atoms with van der Waals surface area (Å²) in [7, 11) is 1.52. The third kappa shape index (κ3) is 4.47. The van der Waals surface area contributed by atoms with E-state index >= 15 is 0 Å². The number of anilines is 1. The Labute approximate surface area is 141 Å². The highest BCUT2D eigenvalue weighted by Crippen LogP contribution is 2.29. The van der Waals surface area contributed by atoms with E-state index in [1.165, 1.54) is 13.2 Å². The second-order valence-corrected chi connectivity index (χ2v) is 5.51. The highest BCUT2D eigenvalue weighted by molar-refractivity contribution is 6.04. The van der Waals surface area contributed by atoms with Gasteiger partial charge in [-0.15, -0.1) is 0 Å². The lowest BCUT2D eigenvalue weighted by atomic mass is 10.1. The molecule has 2 rings (SSSR count). The van der Waals surface area contributed by atoms with Gasteiger partial charge < -0.3 is 14.8 Å². The summed E-state index contributed by atoms with van der Waals surface area (Å²) >= 11 is 0. The summed E-state index contributed by atoms with van der Waals surface area (Å²) < 4.78 is 24.7. The number of carbonyl (C=O) groups is 1. The SMILES string of the molecule is CCCCOc1ccc(C(=O)Nc2cc(C)ccc2F)cc1OC. The molecule has 0 aliphatic heterocycles. The number of rotatable bonds is 7. The van der Waals surface area contributed by atoms with E-state index in [-0.39, 0.29) is 5.69 Å². The summed E-state index contributed by atoms with van der Waals surface area (Å²) in [5.41, 5.74) is 1.39.